The van der Waals surface area contributed by atoms with Crippen molar-refractivity contribution in [2.24, 2.45) is 5.41 Å². The zero-order valence-electron chi connectivity index (χ0n) is 18.5. The molecule has 0 aliphatic carbocycles. The highest BCUT2D eigenvalue weighted by molar-refractivity contribution is 9.10. The Morgan fingerprint density at radius 2 is 1.63 bits per heavy atom. The maximum Gasteiger partial charge on any atom is 0.251 e. The molecule has 0 aliphatic rings. The van der Waals surface area contributed by atoms with E-state index in [0.29, 0.717) is 11.3 Å². The lowest BCUT2D eigenvalue weighted by Gasteiger charge is -2.33. The number of hydrogen-bond donors (Lipinski definition) is 1. The van der Waals surface area contributed by atoms with E-state index < -0.39 is 10.0 Å². The Hall–Kier alpha value is -1.86. The van der Waals surface area contributed by atoms with Gasteiger partial charge in [0.05, 0.1) is 18.5 Å². The van der Waals surface area contributed by atoms with E-state index >= 15 is 0 Å². The van der Waals surface area contributed by atoms with E-state index in [0.717, 1.165) is 16.5 Å². The van der Waals surface area contributed by atoms with Crippen molar-refractivity contribution in [2.75, 3.05) is 10.6 Å². The smallest absolute Gasteiger partial charge is 0.251 e. The third-order valence-electron chi connectivity index (χ3n) is 4.46. The molecule has 2 aromatic carbocycles. The van der Waals surface area contributed by atoms with Gasteiger partial charge in [0, 0.05) is 15.6 Å². The quantitative estimate of drug-likeness (QED) is 0.563. The van der Waals surface area contributed by atoms with Gasteiger partial charge < -0.3 is 5.32 Å². The van der Waals surface area contributed by atoms with Gasteiger partial charge in [-0.1, -0.05) is 54.9 Å². The van der Waals surface area contributed by atoms with E-state index in [9.17, 15) is 13.2 Å². The highest BCUT2D eigenvalue weighted by Crippen LogP contribution is 2.27. The summed E-state index contributed by atoms with van der Waals surface area (Å²) >= 11 is 3.38. The fourth-order valence-electron chi connectivity index (χ4n) is 3.71. The lowest BCUT2D eigenvalue weighted by atomic mass is 9.81. The Bertz CT molecular complexity index is 994. The average Bonchev–Trinajstić information content (AvgIpc) is 2.56. The van der Waals surface area contributed by atoms with E-state index in [4.69, 9.17) is 0 Å². The molecule has 0 aromatic heterocycles. The summed E-state index contributed by atoms with van der Waals surface area (Å²) < 4.78 is 26.8. The zero-order valence-corrected chi connectivity index (χ0v) is 20.9. The molecule has 0 spiro atoms. The lowest BCUT2D eigenvalue weighted by molar-refractivity contribution is 0.0891. The summed E-state index contributed by atoms with van der Waals surface area (Å²) in [5.74, 6) is -0.136. The molecule has 2 rings (SSSR count). The average molecular weight is 495 g/mol. The van der Waals surface area contributed by atoms with Crippen LogP contribution in [0.2, 0.25) is 0 Å². The number of sulfonamides is 1. The minimum Gasteiger partial charge on any atom is -0.347 e. The molecule has 7 heteroatoms. The first kappa shape index (κ1) is 24.4. The van der Waals surface area contributed by atoms with Crippen LogP contribution in [-0.4, -0.2) is 26.1 Å². The number of rotatable bonds is 7. The number of hydrogen-bond acceptors (Lipinski definition) is 3. The molecule has 1 amide bonds. The molecule has 0 saturated carbocycles. The molecule has 1 N–H and O–H groups in total. The first-order valence-electron chi connectivity index (χ1n) is 9.81. The van der Waals surface area contributed by atoms with E-state index in [1.165, 1.54) is 10.6 Å². The number of carbonyl (C=O) groups is 1. The topological polar surface area (TPSA) is 66.5 Å². The number of nitrogens with one attached hydrogen (secondary N) is 1. The van der Waals surface area contributed by atoms with Gasteiger partial charge in [0.2, 0.25) is 10.0 Å². The Balaban J connectivity index is 2.17. The Labute approximate surface area is 189 Å². The molecule has 164 valence electrons. The molecule has 0 saturated heterocycles. The third-order valence-corrected chi connectivity index (χ3v) is 6.10. The first-order chi connectivity index (χ1) is 13.7. The fraction of sp³-hybridized carbons (Fsp3) is 0.435. The number of halogens is 1. The summed E-state index contributed by atoms with van der Waals surface area (Å²) in [5, 5.41) is 3.10. The van der Waals surface area contributed by atoms with Crippen molar-refractivity contribution in [2.45, 2.75) is 53.1 Å². The number of nitrogens with zero attached hydrogens (tertiary/aromatic N) is 1. The number of amides is 1. The van der Waals surface area contributed by atoms with Crippen LogP contribution in [0.3, 0.4) is 0 Å². The van der Waals surface area contributed by atoms with Crippen LogP contribution in [0.5, 0.6) is 0 Å². The molecular weight excluding hydrogens is 464 g/mol. The molecule has 0 radical (unpaired) electrons. The number of benzene rings is 2. The molecule has 0 atom stereocenters. The van der Waals surface area contributed by atoms with Gasteiger partial charge in [-0.25, -0.2) is 8.42 Å². The monoisotopic (exact) mass is 494 g/mol. The molecule has 0 fully saturated rings. The van der Waals surface area contributed by atoms with Gasteiger partial charge in [-0.2, -0.15) is 0 Å². The van der Waals surface area contributed by atoms with Gasteiger partial charge >= 0.3 is 0 Å². The Morgan fingerprint density at radius 3 is 2.13 bits per heavy atom. The van der Waals surface area contributed by atoms with Crippen molar-refractivity contribution in [3.8, 4) is 0 Å². The van der Waals surface area contributed by atoms with Crippen LogP contribution in [0.25, 0.3) is 0 Å². The van der Waals surface area contributed by atoms with Gasteiger partial charge in [-0.05, 0) is 61.6 Å². The highest BCUT2D eigenvalue weighted by Gasteiger charge is 2.27. The minimum absolute atomic E-state index is 0.0994. The van der Waals surface area contributed by atoms with Crippen LogP contribution >= 0.6 is 15.9 Å². The maximum absolute atomic E-state index is 12.7. The fourth-order valence-corrected chi connectivity index (χ4v) is 4.98. The minimum atomic E-state index is -3.47. The second-order valence-electron chi connectivity index (χ2n) is 9.52. The van der Waals surface area contributed by atoms with Crippen molar-refractivity contribution >= 4 is 37.5 Å². The molecular formula is C23H31BrN2O3S. The van der Waals surface area contributed by atoms with E-state index in [2.05, 4.69) is 42.0 Å². The molecule has 0 aliphatic heterocycles. The van der Waals surface area contributed by atoms with Crippen molar-refractivity contribution in [3.63, 3.8) is 0 Å². The van der Waals surface area contributed by atoms with Gasteiger partial charge in [0.1, 0.15) is 0 Å². The maximum atomic E-state index is 12.7. The molecule has 5 nitrogen and oxygen atoms in total. The predicted octanol–water partition coefficient (Wildman–Crippen LogP) is 5.36. The van der Waals surface area contributed by atoms with Crippen molar-refractivity contribution in [3.05, 3.63) is 64.1 Å². The molecule has 2 aromatic rings. The van der Waals surface area contributed by atoms with Crippen LogP contribution < -0.4 is 9.62 Å². The van der Waals surface area contributed by atoms with Crippen LogP contribution in [-0.2, 0) is 16.6 Å². The predicted molar refractivity (Wildman–Crippen MR) is 127 cm³/mol. The third kappa shape index (κ3) is 7.43. The zero-order chi connectivity index (χ0) is 22.7. The second-order valence-corrected chi connectivity index (χ2v) is 12.3. The number of carbonyl (C=O) groups excluding carboxylic acids is 1. The first-order valence-corrected chi connectivity index (χ1v) is 12.5. The second kappa shape index (κ2) is 9.10. The summed E-state index contributed by atoms with van der Waals surface area (Å²) in [6.45, 7) is 10.7. The van der Waals surface area contributed by atoms with E-state index in [1.54, 1.807) is 42.5 Å². The largest absolute Gasteiger partial charge is 0.347 e. The van der Waals surface area contributed by atoms with E-state index in [-0.39, 0.29) is 23.4 Å². The van der Waals surface area contributed by atoms with Crippen LogP contribution in [0.4, 0.5) is 5.69 Å². The molecule has 0 bridgehead atoms. The molecule has 0 unspecified atom stereocenters. The van der Waals surface area contributed by atoms with Crippen molar-refractivity contribution < 1.29 is 13.2 Å². The van der Waals surface area contributed by atoms with Crippen LogP contribution in [0, 0.1) is 5.41 Å². The lowest BCUT2D eigenvalue weighted by Crippen LogP contribution is -2.45. The van der Waals surface area contributed by atoms with Crippen molar-refractivity contribution in [1.29, 1.82) is 0 Å². The summed E-state index contributed by atoms with van der Waals surface area (Å²) in [4.78, 5) is 12.7. The summed E-state index contributed by atoms with van der Waals surface area (Å²) in [5.41, 5.74) is 1.70. The Morgan fingerprint density at radius 1 is 1.03 bits per heavy atom. The van der Waals surface area contributed by atoms with Gasteiger partial charge in [0.15, 0.2) is 0 Å². The highest BCUT2D eigenvalue weighted by atomic mass is 79.9. The van der Waals surface area contributed by atoms with Crippen LogP contribution in [0.1, 0.15) is 57.0 Å². The summed E-state index contributed by atoms with van der Waals surface area (Å²) in [7, 11) is -3.47. The van der Waals surface area contributed by atoms with Gasteiger partial charge in [-0.15, -0.1) is 0 Å². The SMILES string of the molecule is CC(C)(C)CC(C)(C)NC(=O)c1ccc(CN(c2cccc(Br)c2)S(C)(=O)=O)cc1. The Kier molecular flexibility index (Phi) is 7.41. The van der Waals surface area contributed by atoms with Gasteiger partial charge in [0.25, 0.3) is 5.91 Å². The van der Waals surface area contributed by atoms with E-state index in [1.807, 2.05) is 19.9 Å². The number of anilines is 1. The van der Waals surface area contributed by atoms with Crippen LogP contribution in [0.15, 0.2) is 53.0 Å². The van der Waals surface area contributed by atoms with Gasteiger partial charge in [-0.3, -0.25) is 9.10 Å². The molecule has 30 heavy (non-hydrogen) atoms. The molecule has 0 heterocycles. The summed E-state index contributed by atoms with van der Waals surface area (Å²) in [6, 6.07) is 14.2. The van der Waals surface area contributed by atoms with Crippen molar-refractivity contribution in [1.82, 2.24) is 5.32 Å². The standard InChI is InChI=1S/C23H31BrN2O3S/c1-22(2,3)16-23(4,5)25-21(27)18-12-10-17(11-13-18)15-26(30(6,28)29)20-9-7-8-19(24)14-20/h7-14H,15-16H2,1-6H3,(H,25,27). The summed E-state index contributed by atoms with van der Waals surface area (Å²) in [6.07, 6.45) is 2.03. The normalized spacial score (nSPS) is 12.5.